The molecule has 2 aliphatic heterocycles. The van der Waals surface area contributed by atoms with E-state index >= 15 is 0 Å². The van der Waals surface area contributed by atoms with Crippen LogP contribution < -0.4 is 9.47 Å². The summed E-state index contributed by atoms with van der Waals surface area (Å²) in [7, 11) is 4.04. The van der Waals surface area contributed by atoms with Crippen LogP contribution in [0.25, 0.3) is 5.57 Å². The van der Waals surface area contributed by atoms with Crippen molar-refractivity contribution in [2.75, 3.05) is 20.6 Å². The number of aliphatic carboxylic acids is 1. The van der Waals surface area contributed by atoms with Gasteiger partial charge in [0.1, 0.15) is 36.4 Å². The third-order valence-electron chi connectivity index (χ3n) is 5.92. The number of carboxylic acid groups (broad SMARTS) is 1. The molecular formula is C25H29NO8. The Morgan fingerprint density at radius 1 is 1.09 bits per heavy atom. The van der Waals surface area contributed by atoms with Gasteiger partial charge < -0.3 is 39.5 Å². The number of hydrogen-bond donors (Lipinski definition) is 4. The van der Waals surface area contributed by atoms with Crippen molar-refractivity contribution in [1.82, 2.24) is 4.90 Å². The molecular weight excluding hydrogens is 442 g/mol. The molecule has 9 heteroatoms. The molecule has 0 saturated carbocycles. The predicted octanol–water partition coefficient (Wildman–Crippen LogP) is 1.23. The van der Waals surface area contributed by atoms with Gasteiger partial charge in [0.25, 0.3) is 0 Å². The van der Waals surface area contributed by atoms with Gasteiger partial charge in [-0.25, -0.2) is 4.79 Å². The molecule has 1 saturated heterocycles. The van der Waals surface area contributed by atoms with E-state index in [4.69, 9.17) is 14.2 Å². The molecule has 4 rings (SSSR count). The molecule has 2 aliphatic rings. The van der Waals surface area contributed by atoms with E-state index < -0.39 is 36.7 Å². The van der Waals surface area contributed by atoms with Crippen molar-refractivity contribution in [3.8, 4) is 11.5 Å². The van der Waals surface area contributed by atoms with Gasteiger partial charge >= 0.3 is 5.97 Å². The van der Waals surface area contributed by atoms with Crippen LogP contribution >= 0.6 is 0 Å². The number of fused-ring (bicyclic) bond motifs is 2. The Kier molecular flexibility index (Phi) is 7.20. The normalized spacial score (nSPS) is 27.5. The van der Waals surface area contributed by atoms with E-state index in [2.05, 4.69) is 17.0 Å². The lowest BCUT2D eigenvalue weighted by atomic mass is 9.93. The molecule has 34 heavy (non-hydrogen) atoms. The number of nitrogens with zero attached hydrogens (tertiary/aromatic N) is 1. The van der Waals surface area contributed by atoms with Gasteiger partial charge in [0.15, 0.2) is 6.10 Å². The van der Waals surface area contributed by atoms with E-state index in [-0.39, 0.29) is 5.75 Å². The van der Waals surface area contributed by atoms with Gasteiger partial charge in [-0.15, -0.1) is 0 Å². The van der Waals surface area contributed by atoms with Crippen molar-refractivity contribution in [2.45, 2.75) is 43.7 Å². The third-order valence-corrected chi connectivity index (χ3v) is 5.92. The molecule has 2 aromatic carbocycles. The Morgan fingerprint density at radius 3 is 2.59 bits per heavy atom. The van der Waals surface area contributed by atoms with Gasteiger partial charge in [0, 0.05) is 18.2 Å². The first-order chi connectivity index (χ1) is 16.3. The largest absolute Gasteiger partial charge is 0.488 e. The second kappa shape index (κ2) is 10.1. The topological polar surface area (TPSA) is 129 Å². The van der Waals surface area contributed by atoms with Gasteiger partial charge in [-0.1, -0.05) is 30.3 Å². The van der Waals surface area contributed by atoms with Crippen LogP contribution in [-0.2, 0) is 16.1 Å². The van der Waals surface area contributed by atoms with E-state index in [1.165, 1.54) is 0 Å². The highest BCUT2D eigenvalue weighted by atomic mass is 16.7. The maximum Gasteiger partial charge on any atom is 0.335 e. The lowest BCUT2D eigenvalue weighted by molar-refractivity contribution is -0.271. The number of aliphatic hydroxyl groups is 3. The van der Waals surface area contributed by atoms with E-state index in [0.717, 1.165) is 35.2 Å². The Balaban J connectivity index is 1.63. The average molecular weight is 472 g/mol. The molecule has 0 bridgehead atoms. The zero-order valence-corrected chi connectivity index (χ0v) is 19.0. The molecule has 0 spiro atoms. The van der Waals surface area contributed by atoms with E-state index in [0.29, 0.717) is 12.4 Å². The van der Waals surface area contributed by atoms with Crippen molar-refractivity contribution in [2.24, 2.45) is 0 Å². The minimum atomic E-state index is -1.78. The Morgan fingerprint density at radius 2 is 1.85 bits per heavy atom. The summed E-state index contributed by atoms with van der Waals surface area (Å²) in [6.45, 7) is 1.24. The Bertz CT molecular complexity index is 1070. The average Bonchev–Trinajstić information content (AvgIpc) is 2.96. The van der Waals surface area contributed by atoms with E-state index in [1.54, 1.807) is 12.1 Å². The summed E-state index contributed by atoms with van der Waals surface area (Å²) < 4.78 is 17.0. The first-order valence-electron chi connectivity index (χ1n) is 11.1. The fourth-order valence-corrected chi connectivity index (χ4v) is 4.10. The maximum absolute atomic E-state index is 11.4. The van der Waals surface area contributed by atoms with Crippen LogP contribution in [0.3, 0.4) is 0 Å². The first-order valence-corrected chi connectivity index (χ1v) is 11.1. The highest BCUT2D eigenvalue weighted by Crippen LogP contribution is 2.39. The second-order valence-corrected chi connectivity index (χ2v) is 8.67. The molecule has 0 aliphatic carbocycles. The van der Waals surface area contributed by atoms with Crippen LogP contribution in [0.5, 0.6) is 11.5 Å². The van der Waals surface area contributed by atoms with Crippen LogP contribution in [0.15, 0.2) is 48.5 Å². The fraction of sp³-hybridized carbons (Fsp3) is 0.400. The lowest BCUT2D eigenvalue weighted by Crippen LogP contribution is -2.61. The number of aliphatic hydroxyl groups excluding tert-OH is 3. The zero-order chi connectivity index (χ0) is 24.4. The lowest BCUT2D eigenvalue weighted by Gasteiger charge is -2.38. The molecule has 9 nitrogen and oxygen atoms in total. The Labute approximate surface area is 197 Å². The summed E-state index contributed by atoms with van der Waals surface area (Å²) in [5.41, 5.74) is 4.04. The molecule has 2 heterocycles. The minimum absolute atomic E-state index is 0.258. The number of ether oxygens (including phenoxy) is 3. The first kappa shape index (κ1) is 24.2. The third kappa shape index (κ3) is 4.94. The van der Waals surface area contributed by atoms with Crippen molar-refractivity contribution in [1.29, 1.82) is 0 Å². The van der Waals surface area contributed by atoms with E-state index in [1.807, 2.05) is 38.4 Å². The molecule has 0 unspecified atom stereocenters. The van der Waals surface area contributed by atoms with Crippen molar-refractivity contribution in [3.05, 3.63) is 65.2 Å². The van der Waals surface area contributed by atoms with Gasteiger partial charge in [-0.2, -0.15) is 0 Å². The Hall–Kier alpha value is -2.95. The van der Waals surface area contributed by atoms with Crippen LogP contribution in [0.1, 0.15) is 23.1 Å². The quantitative estimate of drug-likeness (QED) is 0.492. The summed E-state index contributed by atoms with van der Waals surface area (Å²) >= 11 is 0. The summed E-state index contributed by atoms with van der Waals surface area (Å²) in [4.78, 5) is 13.5. The summed E-state index contributed by atoms with van der Waals surface area (Å²) in [6, 6.07) is 13.2. The number of benzene rings is 2. The van der Waals surface area contributed by atoms with Gasteiger partial charge in [-0.3, -0.25) is 0 Å². The molecule has 0 amide bonds. The molecule has 4 N–H and O–H groups in total. The fourth-order valence-electron chi connectivity index (χ4n) is 4.10. The smallest absolute Gasteiger partial charge is 0.335 e. The van der Waals surface area contributed by atoms with Crippen molar-refractivity contribution < 1.29 is 39.4 Å². The van der Waals surface area contributed by atoms with Crippen LogP contribution in [0.2, 0.25) is 0 Å². The molecule has 1 fully saturated rings. The van der Waals surface area contributed by atoms with Gasteiger partial charge in [-0.05, 0) is 49.3 Å². The molecule has 0 aromatic heterocycles. The molecule has 2 aromatic rings. The zero-order valence-electron chi connectivity index (χ0n) is 19.0. The second-order valence-electron chi connectivity index (χ2n) is 8.67. The summed E-state index contributed by atoms with van der Waals surface area (Å²) in [5.74, 6) is -0.651. The van der Waals surface area contributed by atoms with Gasteiger partial charge in [0.2, 0.25) is 6.29 Å². The van der Waals surface area contributed by atoms with Crippen LogP contribution in [0.4, 0.5) is 0 Å². The number of carbonyl (C=O) groups is 1. The standard InChI is InChI=1S/C25H29NO8/c1-26(2)11-5-8-17-16-7-4-3-6-14(16)13-32-19-12-15(9-10-18(17)19)33-25-22(29)20(27)21(28)23(34-25)24(30)31/h3-4,6-10,12,20-23,25,27-29H,5,11,13H2,1-2H3,(H,30,31)/b17-8+/t20-,21-,22+,23-,25+/m0/s1. The highest BCUT2D eigenvalue weighted by Gasteiger charge is 2.48. The van der Waals surface area contributed by atoms with Crippen molar-refractivity contribution >= 4 is 11.5 Å². The summed E-state index contributed by atoms with van der Waals surface area (Å²) in [5, 5.41) is 39.4. The van der Waals surface area contributed by atoms with Gasteiger partial charge in [0.05, 0.1) is 0 Å². The number of carboxylic acids is 1. The molecule has 182 valence electrons. The van der Waals surface area contributed by atoms with Crippen LogP contribution in [0, 0.1) is 0 Å². The highest BCUT2D eigenvalue weighted by molar-refractivity contribution is 5.85. The predicted molar refractivity (Wildman–Crippen MR) is 122 cm³/mol. The molecule has 0 radical (unpaired) electrons. The number of hydrogen-bond acceptors (Lipinski definition) is 8. The summed E-state index contributed by atoms with van der Waals surface area (Å²) in [6.07, 6.45) is -5.37. The number of rotatable bonds is 6. The minimum Gasteiger partial charge on any atom is -0.488 e. The maximum atomic E-state index is 11.4. The molecule has 5 atom stereocenters. The monoisotopic (exact) mass is 471 g/mol. The van der Waals surface area contributed by atoms with E-state index in [9.17, 15) is 25.2 Å². The van der Waals surface area contributed by atoms with Crippen LogP contribution in [-0.4, -0.2) is 82.6 Å². The SMILES string of the molecule is CN(C)CC/C=C1\c2ccccc2COc2cc(O[C@@H]3O[C@H](C(=O)O)[C@@H](O)[C@H](O)[C@H]3O)ccc21. The van der Waals surface area contributed by atoms with Crippen molar-refractivity contribution in [3.63, 3.8) is 0 Å².